The maximum atomic E-state index is 6.07. The minimum atomic E-state index is 0.239. The van der Waals surface area contributed by atoms with Crippen molar-refractivity contribution >= 4 is 5.69 Å². The largest absolute Gasteiger partial charge is 0.369 e. The lowest BCUT2D eigenvalue weighted by molar-refractivity contribution is 0.0826. The SMILES string of the molecule is CC(CN)(C1CC1)N1CCN(c2ccccc2)CC1. The Morgan fingerprint density at radius 3 is 2.26 bits per heavy atom. The van der Waals surface area contributed by atoms with Crippen LogP contribution in [-0.4, -0.2) is 43.2 Å². The van der Waals surface area contributed by atoms with E-state index in [0.717, 1.165) is 38.6 Å². The van der Waals surface area contributed by atoms with Gasteiger partial charge in [-0.3, -0.25) is 4.90 Å². The van der Waals surface area contributed by atoms with Crippen molar-refractivity contribution in [1.29, 1.82) is 0 Å². The van der Waals surface area contributed by atoms with Crippen molar-refractivity contribution in [2.45, 2.75) is 25.3 Å². The summed E-state index contributed by atoms with van der Waals surface area (Å²) in [6.07, 6.45) is 2.74. The number of para-hydroxylation sites is 1. The molecule has 19 heavy (non-hydrogen) atoms. The van der Waals surface area contributed by atoms with Crippen LogP contribution >= 0.6 is 0 Å². The molecule has 1 unspecified atom stereocenters. The molecule has 3 nitrogen and oxygen atoms in total. The highest BCUT2D eigenvalue weighted by Crippen LogP contribution is 2.42. The van der Waals surface area contributed by atoms with Gasteiger partial charge in [0.2, 0.25) is 0 Å². The standard InChI is InChI=1S/C16H25N3/c1-16(13-17,14-7-8-14)19-11-9-18(10-12-19)15-5-3-2-4-6-15/h2-6,14H,7-13,17H2,1H3. The Balaban J connectivity index is 1.63. The summed E-state index contributed by atoms with van der Waals surface area (Å²) >= 11 is 0. The lowest BCUT2D eigenvalue weighted by atomic mass is 9.92. The van der Waals surface area contributed by atoms with Crippen LogP contribution in [0.2, 0.25) is 0 Å². The lowest BCUT2D eigenvalue weighted by Gasteiger charge is -2.46. The molecule has 1 heterocycles. The van der Waals surface area contributed by atoms with Crippen LogP contribution in [0.3, 0.4) is 0 Å². The van der Waals surface area contributed by atoms with E-state index in [1.807, 2.05) is 0 Å². The van der Waals surface area contributed by atoms with Crippen molar-refractivity contribution in [3.63, 3.8) is 0 Å². The van der Waals surface area contributed by atoms with Gasteiger partial charge in [0.05, 0.1) is 0 Å². The van der Waals surface area contributed by atoms with E-state index in [2.05, 4.69) is 47.1 Å². The number of nitrogens with two attached hydrogens (primary N) is 1. The van der Waals surface area contributed by atoms with Crippen molar-refractivity contribution in [3.05, 3.63) is 30.3 Å². The Labute approximate surface area is 116 Å². The second-order valence-electron chi connectivity index (χ2n) is 6.15. The van der Waals surface area contributed by atoms with E-state index < -0.39 is 0 Å². The van der Waals surface area contributed by atoms with Crippen LogP contribution in [0.1, 0.15) is 19.8 Å². The molecule has 2 fully saturated rings. The number of piperazine rings is 1. The maximum Gasteiger partial charge on any atom is 0.0367 e. The van der Waals surface area contributed by atoms with Crippen LogP contribution in [0.15, 0.2) is 30.3 Å². The molecular formula is C16H25N3. The fourth-order valence-corrected chi connectivity index (χ4v) is 3.37. The summed E-state index contributed by atoms with van der Waals surface area (Å²) in [4.78, 5) is 5.12. The molecular weight excluding hydrogens is 234 g/mol. The molecule has 2 N–H and O–H groups in total. The first-order chi connectivity index (χ1) is 9.24. The highest BCUT2D eigenvalue weighted by molar-refractivity contribution is 5.46. The number of hydrogen-bond donors (Lipinski definition) is 1. The van der Waals surface area contributed by atoms with Gasteiger partial charge in [-0.25, -0.2) is 0 Å². The lowest BCUT2D eigenvalue weighted by Crippen LogP contribution is -2.60. The summed E-state index contributed by atoms with van der Waals surface area (Å²) in [5, 5.41) is 0. The van der Waals surface area contributed by atoms with Gasteiger partial charge < -0.3 is 10.6 Å². The minimum Gasteiger partial charge on any atom is -0.369 e. The summed E-state index contributed by atoms with van der Waals surface area (Å²) < 4.78 is 0. The molecule has 3 rings (SSSR count). The molecule has 0 bridgehead atoms. The van der Waals surface area contributed by atoms with Gasteiger partial charge in [-0.1, -0.05) is 18.2 Å². The van der Waals surface area contributed by atoms with Gasteiger partial charge in [-0.2, -0.15) is 0 Å². The Morgan fingerprint density at radius 1 is 1.11 bits per heavy atom. The van der Waals surface area contributed by atoms with Crippen LogP contribution in [0.25, 0.3) is 0 Å². The highest BCUT2D eigenvalue weighted by atomic mass is 15.3. The molecule has 1 aliphatic carbocycles. The average Bonchev–Trinajstić information content (AvgIpc) is 3.33. The monoisotopic (exact) mass is 259 g/mol. The molecule has 1 aromatic carbocycles. The normalized spacial score (nSPS) is 24.2. The Morgan fingerprint density at radius 2 is 1.74 bits per heavy atom. The van der Waals surface area contributed by atoms with Gasteiger partial charge in [0, 0.05) is 44.0 Å². The van der Waals surface area contributed by atoms with E-state index in [0.29, 0.717) is 0 Å². The van der Waals surface area contributed by atoms with Crippen LogP contribution in [0, 0.1) is 5.92 Å². The van der Waals surface area contributed by atoms with E-state index >= 15 is 0 Å². The maximum absolute atomic E-state index is 6.07. The second-order valence-corrected chi connectivity index (χ2v) is 6.15. The topological polar surface area (TPSA) is 32.5 Å². The Hall–Kier alpha value is -1.06. The van der Waals surface area contributed by atoms with Gasteiger partial charge in [-0.15, -0.1) is 0 Å². The summed E-state index contributed by atoms with van der Waals surface area (Å²) in [5.41, 5.74) is 7.66. The summed E-state index contributed by atoms with van der Waals surface area (Å²) in [6.45, 7) is 7.67. The molecule has 0 aromatic heterocycles. The molecule has 0 amide bonds. The van der Waals surface area contributed by atoms with Crippen LogP contribution < -0.4 is 10.6 Å². The Bertz CT molecular complexity index is 407. The Kier molecular flexibility index (Phi) is 3.50. The summed E-state index contributed by atoms with van der Waals surface area (Å²) in [7, 11) is 0. The van der Waals surface area contributed by atoms with E-state index in [1.54, 1.807) is 0 Å². The predicted octanol–water partition coefficient (Wildman–Crippen LogP) is 1.94. The first-order valence-electron chi connectivity index (χ1n) is 7.49. The number of rotatable bonds is 4. The average molecular weight is 259 g/mol. The molecule has 1 aromatic rings. The molecule has 104 valence electrons. The predicted molar refractivity (Wildman–Crippen MR) is 80.4 cm³/mol. The third kappa shape index (κ3) is 2.49. The van der Waals surface area contributed by atoms with Crippen molar-refractivity contribution < 1.29 is 0 Å². The van der Waals surface area contributed by atoms with Gasteiger partial charge in [-0.05, 0) is 37.8 Å². The highest BCUT2D eigenvalue weighted by Gasteiger charge is 2.45. The molecule has 1 atom stereocenters. The third-order valence-electron chi connectivity index (χ3n) is 4.99. The fraction of sp³-hybridized carbons (Fsp3) is 0.625. The number of nitrogens with zero attached hydrogens (tertiary/aromatic N) is 2. The molecule has 0 spiro atoms. The molecule has 1 saturated heterocycles. The number of hydrogen-bond acceptors (Lipinski definition) is 3. The quantitative estimate of drug-likeness (QED) is 0.897. The smallest absolute Gasteiger partial charge is 0.0367 e. The zero-order chi connectivity index (χ0) is 13.3. The van der Waals surface area contributed by atoms with Gasteiger partial charge in [0.15, 0.2) is 0 Å². The van der Waals surface area contributed by atoms with Crippen molar-refractivity contribution in [1.82, 2.24) is 4.90 Å². The van der Waals surface area contributed by atoms with Crippen molar-refractivity contribution in [3.8, 4) is 0 Å². The van der Waals surface area contributed by atoms with Gasteiger partial charge in [0.25, 0.3) is 0 Å². The van der Waals surface area contributed by atoms with Gasteiger partial charge >= 0.3 is 0 Å². The number of anilines is 1. The second kappa shape index (κ2) is 5.14. The summed E-state index contributed by atoms with van der Waals surface area (Å²) in [5.74, 6) is 0.834. The molecule has 0 radical (unpaired) electrons. The minimum absolute atomic E-state index is 0.239. The molecule has 1 saturated carbocycles. The zero-order valence-electron chi connectivity index (χ0n) is 11.9. The van der Waals surface area contributed by atoms with Crippen LogP contribution in [0.4, 0.5) is 5.69 Å². The third-order valence-corrected chi connectivity index (χ3v) is 4.99. The van der Waals surface area contributed by atoms with Crippen molar-refractivity contribution in [2.24, 2.45) is 11.7 Å². The van der Waals surface area contributed by atoms with Crippen molar-refractivity contribution in [2.75, 3.05) is 37.6 Å². The van der Waals surface area contributed by atoms with E-state index in [1.165, 1.54) is 18.5 Å². The fourth-order valence-electron chi connectivity index (χ4n) is 3.37. The summed E-state index contributed by atoms with van der Waals surface area (Å²) in [6, 6.07) is 10.7. The van der Waals surface area contributed by atoms with E-state index in [4.69, 9.17) is 5.73 Å². The molecule has 3 heteroatoms. The van der Waals surface area contributed by atoms with Gasteiger partial charge in [0.1, 0.15) is 0 Å². The molecule has 2 aliphatic rings. The number of benzene rings is 1. The zero-order valence-corrected chi connectivity index (χ0v) is 11.9. The van der Waals surface area contributed by atoms with Crippen LogP contribution in [-0.2, 0) is 0 Å². The van der Waals surface area contributed by atoms with E-state index in [9.17, 15) is 0 Å². The van der Waals surface area contributed by atoms with Crippen LogP contribution in [0.5, 0.6) is 0 Å². The first-order valence-corrected chi connectivity index (χ1v) is 7.49. The first kappa shape index (κ1) is 12.9. The van der Waals surface area contributed by atoms with E-state index in [-0.39, 0.29) is 5.54 Å². The molecule has 1 aliphatic heterocycles.